The molecule has 1 fully saturated rings. The Morgan fingerprint density at radius 2 is 1.82 bits per heavy atom. The molecule has 22 heavy (non-hydrogen) atoms. The molecule has 0 radical (unpaired) electrons. The molecule has 1 N–H and O–H groups in total. The summed E-state index contributed by atoms with van der Waals surface area (Å²) < 4.78 is 0. The number of carbonyl (C=O) groups is 1. The summed E-state index contributed by atoms with van der Waals surface area (Å²) in [5, 5.41) is 8.59. The van der Waals surface area contributed by atoms with Gasteiger partial charge in [0.05, 0.1) is 0 Å². The number of aliphatic carboxylic acids is 1. The summed E-state index contributed by atoms with van der Waals surface area (Å²) in [6.45, 7) is 2.08. The van der Waals surface area contributed by atoms with Gasteiger partial charge >= 0.3 is 5.97 Å². The van der Waals surface area contributed by atoms with Gasteiger partial charge in [0, 0.05) is 6.42 Å². The fraction of sp³-hybridized carbons (Fsp3) is 0.650. The van der Waals surface area contributed by atoms with Crippen molar-refractivity contribution in [3.63, 3.8) is 0 Å². The molecular formula is C20H32O2. The predicted molar refractivity (Wildman–Crippen MR) is 93.9 cm³/mol. The molecule has 0 aromatic rings. The minimum absolute atomic E-state index is 0.284. The number of carboxylic acid groups (broad SMARTS) is 1. The SMILES string of the molecule is CC=CCCCC=C[C@H]1CCC[C@@H]1CC=CCCCC(=O)O. The van der Waals surface area contributed by atoms with E-state index in [1.807, 2.05) is 0 Å². The molecule has 124 valence electrons. The zero-order valence-electron chi connectivity index (χ0n) is 14.0. The van der Waals surface area contributed by atoms with Crippen molar-refractivity contribution in [2.45, 2.75) is 71.1 Å². The van der Waals surface area contributed by atoms with Crippen molar-refractivity contribution in [3.05, 3.63) is 36.5 Å². The van der Waals surface area contributed by atoms with Gasteiger partial charge in [-0.25, -0.2) is 0 Å². The molecule has 1 rings (SSSR count). The van der Waals surface area contributed by atoms with E-state index in [9.17, 15) is 4.79 Å². The predicted octanol–water partition coefficient (Wildman–Crippen LogP) is 5.91. The molecular weight excluding hydrogens is 272 g/mol. The van der Waals surface area contributed by atoms with Crippen molar-refractivity contribution in [3.8, 4) is 0 Å². The summed E-state index contributed by atoms with van der Waals surface area (Å²) in [6, 6.07) is 0. The minimum atomic E-state index is -0.691. The van der Waals surface area contributed by atoms with Gasteiger partial charge < -0.3 is 5.11 Å². The third kappa shape index (κ3) is 8.86. The third-order valence-corrected chi connectivity index (χ3v) is 4.45. The van der Waals surface area contributed by atoms with Gasteiger partial charge in [-0.2, -0.15) is 0 Å². The van der Waals surface area contributed by atoms with E-state index < -0.39 is 5.97 Å². The Balaban J connectivity index is 2.18. The maximum atomic E-state index is 10.4. The number of allylic oxidation sites excluding steroid dienone is 6. The fourth-order valence-corrected chi connectivity index (χ4v) is 3.16. The second-order valence-electron chi connectivity index (χ2n) is 6.28. The Labute approximate surface area is 136 Å². The van der Waals surface area contributed by atoms with Crippen LogP contribution in [0, 0.1) is 11.8 Å². The first kappa shape index (κ1) is 18.7. The Bertz CT molecular complexity index is 379. The molecule has 2 atom stereocenters. The summed E-state index contributed by atoms with van der Waals surface area (Å²) in [6.07, 6.45) is 24.4. The highest BCUT2D eigenvalue weighted by molar-refractivity contribution is 5.66. The lowest BCUT2D eigenvalue weighted by molar-refractivity contribution is -0.137. The van der Waals surface area contributed by atoms with Gasteiger partial charge in [0.1, 0.15) is 0 Å². The Hall–Kier alpha value is -1.31. The van der Waals surface area contributed by atoms with Gasteiger partial charge in [0.2, 0.25) is 0 Å². The number of unbranched alkanes of at least 4 members (excludes halogenated alkanes) is 3. The highest BCUT2D eigenvalue weighted by Gasteiger charge is 2.23. The largest absolute Gasteiger partial charge is 0.481 e. The van der Waals surface area contributed by atoms with Crippen LogP contribution >= 0.6 is 0 Å². The van der Waals surface area contributed by atoms with Gasteiger partial charge in [-0.05, 0) is 70.1 Å². The van der Waals surface area contributed by atoms with Crippen LogP contribution in [0.15, 0.2) is 36.5 Å². The number of hydrogen-bond acceptors (Lipinski definition) is 1. The second-order valence-corrected chi connectivity index (χ2v) is 6.28. The van der Waals surface area contributed by atoms with Crippen LogP contribution in [0.5, 0.6) is 0 Å². The van der Waals surface area contributed by atoms with Crippen LogP contribution in [-0.4, -0.2) is 11.1 Å². The van der Waals surface area contributed by atoms with E-state index in [4.69, 9.17) is 5.11 Å². The first-order valence-electron chi connectivity index (χ1n) is 8.88. The topological polar surface area (TPSA) is 37.3 Å². The first-order chi connectivity index (χ1) is 10.7. The molecule has 0 unspecified atom stereocenters. The smallest absolute Gasteiger partial charge is 0.303 e. The summed E-state index contributed by atoms with van der Waals surface area (Å²) >= 11 is 0. The van der Waals surface area contributed by atoms with Crippen molar-refractivity contribution in [1.29, 1.82) is 0 Å². The maximum absolute atomic E-state index is 10.4. The lowest BCUT2D eigenvalue weighted by atomic mass is 9.92. The minimum Gasteiger partial charge on any atom is -0.481 e. The Morgan fingerprint density at radius 3 is 2.59 bits per heavy atom. The molecule has 1 saturated carbocycles. The number of carboxylic acids is 1. The molecule has 0 aromatic heterocycles. The average molecular weight is 304 g/mol. The average Bonchev–Trinajstić information content (AvgIpc) is 2.93. The molecule has 0 aromatic carbocycles. The standard InChI is InChI=1S/C20H32O2/c1-2-3-4-5-6-9-13-18-15-12-16-19(18)14-10-7-8-11-17-20(21)22/h2-3,7,9-10,13,18-19H,4-6,8,11-12,14-17H2,1H3,(H,21,22)/t18-,19-/m0/s1. The molecule has 0 spiro atoms. The molecule has 0 aliphatic heterocycles. The van der Waals surface area contributed by atoms with Crippen molar-refractivity contribution in [1.82, 2.24) is 0 Å². The van der Waals surface area contributed by atoms with Crippen molar-refractivity contribution in [2.24, 2.45) is 11.8 Å². The van der Waals surface area contributed by atoms with Crippen molar-refractivity contribution < 1.29 is 9.90 Å². The van der Waals surface area contributed by atoms with Gasteiger partial charge in [-0.3, -0.25) is 4.79 Å². The molecule has 1 aliphatic rings. The zero-order valence-corrected chi connectivity index (χ0v) is 14.0. The molecule has 1 aliphatic carbocycles. The van der Waals surface area contributed by atoms with E-state index >= 15 is 0 Å². The Morgan fingerprint density at radius 1 is 1.05 bits per heavy atom. The monoisotopic (exact) mass is 304 g/mol. The highest BCUT2D eigenvalue weighted by Crippen LogP contribution is 2.35. The van der Waals surface area contributed by atoms with Gasteiger partial charge in [0.25, 0.3) is 0 Å². The van der Waals surface area contributed by atoms with Crippen molar-refractivity contribution in [2.75, 3.05) is 0 Å². The number of hydrogen-bond donors (Lipinski definition) is 1. The van der Waals surface area contributed by atoms with Gasteiger partial charge in [-0.1, -0.05) is 42.9 Å². The van der Waals surface area contributed by atoms with E-state index in [2.05, 4.69) is 43.4 Å². The van der Waals surface area contributed by atoms with E-state index in [0.29, 0.717) is 0 Å². The highest BCUT2D eigenvalue weighted by atomic mass is 16.4. The summed E-state index contributed by atoms with van der Waals surface area (Å²) in [5.41, 5.74) is 0. The summed E-state index contributed by atoms with van der Waals surface area (Å²) in [7, 11) is 0. The molecule has 2 heteroatoms. The second kappa shape index (κ2) is 12.3. The molecule has 0 amide bonds. The van der Waals surface area contributed by atoms with Gasteiger partial charge in [0.15, 0.2) is 0 Å². The van der Waals surface area contributed by atoms with Crippen LogP contribution in [0.2, 0.25) is 0 Å². The van der Waals surface area contributed by atoms with Crippen molar-refractivity contribution >= 4 is 5.97 Å². The lowest BCUT2D eigenvalue weighted by Gasteiger charge is -2.13. The molecule has 0 saturated heterocycles. The van der Waals surface area contributed by atoms with E-state index in [-0.39, 0.29) is 6.42 Å². The van der Waals surface area contributed by atoms with Crippen LogP contribution in [0.4, 0.5) is 0 Å². The third-order valence-electron chi connectivity index (χ3n) is 4.45. The first-order valence-corrected chi connectivity index (χ1v) is 8.88. The van der Waals surface area contributed by atoms with Crippen LogP contribution in [-0.2, 0) is 4.79 Å². The van der Waals surface area contributed by atoms with Gasteiger partial charge in [-0.15, -0.1) is 0 Å². The van der Waals surface area contributed by atoms with Crippen LogP contribution in [0.3, 0.4) is 0 Å². The fourth-order valence-electron chi connectivity index (χ4n) is 3.16. The van der Waals surface area contributed by atoms with Crippen LogP contribution < -0.4 is 0 Å². The quantitative estimate of drug-likeness (QED) is 0.381. The molecule has 0 bridgehead atoms. The Kier molecular flexibility index (Phi) is 10.4. The van der Waals surface area contributed by atoms with E-state index in [1.54, 1.807) is 0 Å². The van der Waals surface area contributed by atoms with E-state index in [0.717, 1.165) is 31.1 Å². The lowest BCUT2D eigenvalue weighted by Crippen LogP contribution is -2.03. The maximum Gasteiger partial charge on any atom is 0.303 e. The summed E-state index contributed by atoms with van der Waals surface area (Å²) in [5.74, 6) is 0.858. The zero-order chi connectivity index (χ0) is 16.0. The van der Waals surface area contributed by atoms with Crippen LogP contribution in [0.25, 0.3) is 0 Å². The molecule has 2 nitrogen and oxygen atoms in total. The van der Waals surface area contributed by atoms with E-state index in [1.165, 1.54) is 38.5 Å². The number of rotatable bonds is 11. The normalized spacial score (nSPS) is 22.4. The van der Waals surface area contributed by atoms with Crippen LogP contribution in [0.1, 0.15) is 71.1 Å². The summed E-state index contributed by atoms with van der Waals surface area (Å²) in [4.78, 5) is 10.4. The molecule has 0 heterocycles.